The number of morpholine rings is 1. The monoisotopic (exact) mass is 299 g/mol. The Morgan fingerprint density at radius 3 is 2.43 bits per heavy atom. The third-order valence-electron chi connectivity index (χ3n) is 3.36. The minimum absolute atomic E-state index is 0.736. The van der Waals surface area contributed by atoms with Crippen LogP contribution in [-0.2, 0) is 4.74 Å². The number of thiocarbonyl (C=S) groups is 1. The zero-order chi connectivity index (χ0) is 14.5. The summed E-state index contributed by atoms with van der Waals surface area (Å²) >= 11 is 5.58. The van der Waals surface area contributed by atoms with E-state index in [-0.39, 0.29) is 0 Å². The van der Waals surface area contributed by atoms with Crippen LogP contribution in [0.3, 0.4) is 0 Å². The Kier molecular flexibility index (Phi) is 4.48. The molecule has 1 fully saturated rings. The van der Waals surface area contributed by atoms with Crippen molar-refractivity contribution < 1.29 is 9.47 Å². The van der Waals surface area contributed by atoms with Gasteiger partial charge in [0.25, 0.3) is 0 Å². The zero-order valence-electron chi connectivity index (χ0n) is 11.7. The highest BCUT2D eigenvalue weighted by molar-refractivity contribution is 7.80. The largest absolute Gasteiger partial charge is 0.457 e. The Balaban J connectivity index is 1.75. The molecule has 1 aliphatic heterocycles. The van der Waals surface area contributed by atoms with Gasteiger partial charge in [0.15, 0.2) is 0 Å². The lowest BCUT2D eigenvalue weighted by molar-refractivity contribution is 0.0693. The van der Waals surface area contributed by atoms with Crippen LogP contribution in [0.25, 0.3) is 0 Å². The van der Waals surface area contributed by atoms with E-state index in [1.807, 2.05) is 54.6 Å². The third-order valence-corrected chi connectivity index (χ3v) is 3.85. The molecular formula is C17H17NO2S. The Bertz CT molecular complexity index is 609. The fourth-order valence-electron chi connectivity index (χ4n) is 2.27. The first kappa shape index (κ1) is 14.0. The van der Waals surface area contributed by atoms with E-state index in [0.29, 0.717) is 0 Å². The van der Waals surface area contributed by atoms with Crippen LogP contribution in [0, 0.1) is 0 Å². The van der Waals surface area contributed by atoms with Crippen LogP contribution in [0.1, 0.15) is 5.56 Å². The van der Waals surface area contributed by atoms with E-state index in [1.54, 1.807) is 0 Å². The second-order valence-electron chi connectivity index (χ2n) is 4.85. The lowest BCUT2D eigenvalue weighted by Gasteiger charge is -2.29. The van der Waals surface area contributed by atoms with Gasteiger partial charge < -0.3 is 14.4 Å². The number of rotatable bonds is 3. The first-order valence-corrected chi connectivity index (χ1v) is 7.44. The van der Waals surface area contributed by atoms with Gasteiger partial charge in [-0.05, 0) is 24.3 Å². The van der Waals surface area contributed by atoms with Crippen molar-refractivity contribution >= 4 is 17.2 Å². The molecule has 21 heavy (non-hydrogen) atoms. The lowest BCUT2D eigenvalue weighted by Crippen LogP contribution is -2.40. The van der Waals surface area contributed by atoms with Crippen molar-refractivity contribution in [2.75, 3.05) is 26.3 Å². The maximum absolute atomic E-state index is 5.85. The molecule has 0 bridgehead atoms. The number of ether oxygens (including phenoxy) is 2. The Hall–Kier alpha value is -1.91. The molecule has 2 aromatic rings. The van der Waals surface area contributed by atoms with Gasteiger partial charge in [0.2, 0.25) is 0 Å². The van der Waals surface area contributed by atoms with E-state index >= 15 is 0 Å². The molecule has 4 heteroatoms. The molecule has 0 N–H and O–H groups in total. The molecule has 0 spiro atoms. The molecule has 0 atom stereocenters. The van der Waals surface area contributed by atoms with Gasteiger partial charge in [-0.15, -0.1) is 0 Å². The van der Waals surface area contributed by atoms with Crippen LogP contribution in [-0.4, -0.2) is 36.2 Å². The van der Waals surface area contributed by atoms with E-state index in [0.717, 1.165) is 48.4 Å². The summed E-state index contributed by atoms with van der Waals surface area (Å²) in [6, 6.07) is 17.7. The van der Waals surface area contributed by atoms with Crippen molar-refractivity contribution in [3.05, 3.63) is 60.2 Å². The van der Waals surface area contributed by atoms with Crippen LogP contribution < -0.4 is 4.74 Å². The van der Waals surface area contributed by atoms with Gasteiger partial charge in [0, 0.05) is 18.7 Å². The van der Waals surface area contributed by atoms with Gasteiger partial charge in [-0.2, -0.15) is 0 Å². The minimum Gasteiger partial charge on any atom is -0.457 e. The predicted octanol–water partition coefficient (Wildman–Crippen LogP) is 3.49. The Morgan fingerprint density at radius 2 is 1.67 bits per heavy atom. The molecule has 0 saturated carbocycles. The Labute approximate surface area is 130 Å². The number of hydrogen-bond donors (Lipinski definition) is 0. The van der Waals surface area contributed by atoms with Gasteiger partial charge in [-0.3, -0.25) is 0 Å². The summed E-state index contributed by atoms with van der Waals surface area (Å²) in [7, 11) is 0. The van der Waals surface area contributed by atoms with Gasteiger partial charge in [-0.25, -0.2) is 0 Å². The van der Waals surface area contributed by atoms with Crippen molar-refractivity contribution in [2.45, 2.75) is 0 Å². The van der Waals surface area contributed by atoms with Crippen molar-refractivity contribution in [2.24, 2.45) is 0 Å². The van der Waals surface area contributed by atoms with E-state index in [4.69, 9.17) is 21.7 Å². The fraction of sp³-hybridized carbons (Fsp3) is 0.235. The molecule has 3 nitrogen and oxygen atoms in total. The standard InChI is InChI=1S/C17H17NO2S/c21-17(18-9-11-19-12-10-18)14-5-4-8-16(13-14)20-15-6-2-1-3-7-15/h1-8,13H,9-12H2. The molecule has 0 unspecified atom stereocenters. The van der Waals surface area contributed by atoms with E-state index in [1.165, 1.54) is 0 Å². The average molecular weight is 299 g/mol. The topological polar surface area (TPSA) is 21.7 Å². The molecule has 0 aromatic heterocycles. The first-order valence-electron chi connectivity index (χ1n) is 7.03. The highest BCUT2D eigenvalue weighted by atomic mass is 32.1. The third kappa shape index (κ3) is 3.60. The quantitative estimate of drug-likeness (QED) is 0.809. The van der Waals surface area contributed by atoms with Gasteiger partial charge in [-0.1, -0.05) is 42.5 Å². The maximum atomic E-state index is 5.85. The van der Waals surface area contributed by atoms with Crippen molar-refractivity contribution in [3.8, 4) is 11.5 Å². The zero-order valence-corrected chi connectivity index (χ0v) is 12.5. The summed E-state index contributed by atoms with van der Waals surface area (Å²) in [4.78, 5) is 3.04. The summed E-state index contributed by atoms with van der Waals surface area (Å²) in [6.45, 7) is 3.17. The first-order chi connectivity index (χ1) is 10.3. The summed E-state index contributed by atoms with van der Waals surface area (Å²) in [6.07, 6.45) is 0. The summed E-state index contributed by atoms with van der Waals surface area (Å²) in [5.41, 5.74) is 1.01. The summed E-state index contributed by atoms with van der Waals surface area (Å²) < 4.78 is 11.2. The lowest BCUT2D eigenvalue weighted by atomic mass is 10.2. The summed E-state index contributed by atoms with van der Waals surface area (Å²) in [5.74, 6) is 1.63. The summed E-state index contributed by atoms with van der Waals surface area (Å²) in [5, 5.41) is 0. The van der Waals surface area contributed by atoms with Gasteiger partial charge in [0.05, 0.1) is 13.2 Å². The van der Waals surface area contributed by atoms with Crippen LogP contribution in [0.15, 0.2) is 54.6 Å². The molecular weight excluding hydrogens is 282 g/mol. The number of benzene rings is 2. The SMILES string of the molecule is S=C(c1cccc(Oc2ccccc2)c1)N1CCOCC1. The van der Waals surface area contributed by atoms with Crippen molar-refractivity contribution in [3.63, 3.8) is 0 Å². The normalized spacial score (nSPS) is 14.8. The number of hydrogen-bond acceptors (Lipinski definition) is 3. The van der Waals surface area contributed by atoms with E-state index in [9.17, 15) is 0 Å². The molecule has 108 valence electrons. The molecule has 3 rings (SSSR count). The van der Waals surface area contributed by atoms with Crippen LogP contribution >= 0.6 is 12.2 Å². The number of nitrogens with zero attached hydrogens (tertiary/aromatic N) is 1. The van der Waals surface area contributed by atoms with Crippen LogP contribution in [0.5, 0.6) is 11.5 Å². The second kappa shape index (κ2) is 6.70. The Morgan fingerprint density at radius 1 is 0.952 bits per heavy atom. The fourth-order valence-corrected chi connectivity index (χ4v) is 2.58. The maximum Gasteiger partial charge on any atom is 0.128 e. The van der Waals surface area contributed by atoms with Crippen LogP contribution in [0.4, 0.5) is 0 Å². The average Bonchev–Trinajstić information content (AvgIpc) is 2.56. The molecule has 1 heterocycles. The minimum atomic E-state index is 0.736. The van der Waals surface area contributed by atoms with E-state index < -0.39 is 0 Å². The van der Waals surface area contributed by atoms with E-state index in [2.05, 4.69) is 4.90 Å². The molecule has 1 saturated heterocycles. The predicted molar refractivity (Wildman–Crippen MR) is 87.1 cm³/mol. The van der Waals surface area contributed by atoms with Crippen molar-refractivity contribution in [1.82, 2.24) is 4.90 Å². The number of para-hydroxylation sites is 1. The second-order valence-corrected chi connectivity index (χ2v) is 5.23. The molecule has 0 amide bonds. The molecule has 2 aromatic carbocycles. The highest BCUT2D eigenvalue weighted by Gasteiger charge is 2.15. The van der Waals surface area contributed by atoms with Crippen LogP contribution in [0.2, 0.25) is 0 Å². The molecule has 0 aliphatic carbocycles. The molecule has 0 radical (unpaired) electrons. The molecule has 1 aliphatic rings. The highest BCUT2D eigenvalue weighted by Crippen LogP contribution is 2.22. The smallest absolute Gasteiger partial charge is 0.128 e. The van der Waals surface area contributed by atoms with Gasteiger partial charge >= 0.3 is 0 Å². The van der Waals surface area contributed by atoms with Gasteiger partial charge in [0.1, 0.15) is 16.5 Å². The van der Waals surface area contributed by atoms with Crippen molar-refractivity contribution in [1.29, 1.82) is 0 Å².